The molecule has 112 valence electrons. The lowest BCUT2D eigenvalue weighted by atomic mass is 9.81. The molecular formula is C16H31NO2. The predicted octanol–water partition coefficient (Wildman–Crippen LogP) is 3.52. The summed E-state index contributed by atoms with van der Waals surface area (Å²) in [5, 5.41) is 3.43. The number of methoxy groups -OCH3 is 1. The van der Waals surface area contributed by atoms with Crippen LogP contribution in [-0.4, -0.2) is 25.7 Å². The Labute approximate surface area is 118 Å². The van der Waals surface area contributed by atoms with E-state index in [4.69, 9.17) is 4.74 Å². The summed E-state index contributed by atoms with van der Waals surface area (Å²) in [6.45, 7) is 5.42. The van der Waals surface area contributed by atoms with Gasteiger partial charge in [-0.05, 0) is 37.6 Å². The van der Waals surface area contributed by atoms with Crippen LogP contribution in [0.5, 0.6) is 0 Å². The van der Waals surface area contributed by atoms with E-state index in [1.165, 1.54) is 39.2 Å². The van der Waals surface area contributed by atoms with Gasteiger partial charge in [-0.25, -0.2) is 0 Å². The van der Waals surface area contributed by atoms with Crippen molar-refractivity contribution in [3.8, 4) is 0 Å². The van der Waals surface area contributed by atoms with Crippen molar-refractivity contribution in [2.45, 2.75) is 71.3 Å². The standard InChI is InChI=1S/C16H31NO2/c1-4-6-7-15(16(18)19-3)17-12-14-10-8-13(5-2)9-11-14/h13-15,17H,4-12H2,1-3H3. The fourth-order valence-electron chi connectivity index (χ4n) is 3.01. The molecular weight excluding hydrogens is 238 g/mol. The number of hydrogen-bond donors (Lipinski definition) is 1. The first kappa shape index (κ1) is 16.5. The van der Waals surface area contributed by atoms with Crippen molar-refractivity contribution in [3.63, 3.8) is 0 Å². The second-order valence-electron chi connectivity index (χ2n) is 5.92. The maximum Gasteiger partial charge on any atom is 0.322 e. The first-order chi connectivity index (χ1) is 9.21. The smallest absolute Gasteiger partial charge is 0.322 e. The number of carbonyl (C=O) groups excluding carboxylic acids is 1. The molecule has 0 spiro atoms. The molecule has 1 N–H and O–H groups in total. The maximum absolute atomic E-state index is 11.7. The van der Waals surface area contributed by atoms with Crippen LogP contribution in [0.4, 0.5) is 0 Å². The first-order valence-corrected chi connectivity index (χ1v) is 8.02. The molecule has 19 heavy (non-hydrogen) atoms. The Morgan fingerprint density at radius 1 is 1.21 bits per heavy atom. The Hall–Kier alpha value is -0.570. The maximum atomic E-state index is 11.7. The first-order valence-electron chi connectivity index (χ1n) is 8.02. The minimum absolute atomic E-state index is 0.101. The lowest BCUT2D eigenvalue weighted by Crippen LogP contribution is -2.40. The number of rotatable bonds is 8. The average Bonchev–Trinajstić information content (AvgIpc) is 2.47. The van der Waals surface area contributed by atoms with E-state index >= 15 is 0 Å². The Kier molecular flexibility index (Phi) is 8.11. The molecule has 1 saturated carbocycles. The molecule has 0 radical (unpaired) electrons. The van der Waals surface area contributed by atoms with Crippen LogP contribution in [0.15, 0.2) is 0 Å². The number of carbonyl (C=O) groups is 1. The fraction of sp³-hybridized carbons (Fsp3) is 0.938. The molecule has 0 aromatic rings. The van der Waals surface area contributed by atoms with Crippen molar-refractivity contribution in [1.29, 1.82) is 0 Å². The van der Waals surface area contributed by atoms with Crippen LogP contribution in [0.25, 0.3) is 0 Å². The minimum Gasteiger partial charge on any atom is -0.468 e. The van der Waals surface area contributed by atoms with Gasteiger partial charge < -0.3 is 10.1 Å². The highest BCUT2D eigenvalue weighted by molar-refractivity contribution is 5.75. The minimum atomic E-state index is -0.103. The van der Waals surface area contributed by atoms with Gasteiger partial charge in [-0.2, -0.15) is 0 Å². The summed E-state index contributed by atoms with van der Waals surface area (Å²) < 4.78 is 4.88. The molecule has 3 heteroatoms. The topological polar surface area (TPSA) is 38.3 Å². The Morgan fingerprint density at radius 3 is 2.37 bits per heavy atom. The lowest BCUT2D eigenvalue weighted by Gasteiger charge is -2.29. The van der Waals surface area contributed by atoms with Crippen molar-refractivity contribution in [2.24, 2.45) is 11.8 Å². The largest absolute Gasteiger partial charge is 0.468 e. The van der Waals surface area contributed by atoms with Crippen molar-refractivity contribution < 1.29 is 9.53 Å². The van der Waals surface area contributed by atoms with Crippen molar-refractivity contribution >= 4 is 5.97 Å². The summed E-state index contributed by atoms with van der Waals surface area (Å²) in [5.74, 6) is 1.58. The average molecular weight is 269 g/mol. The van der Waals surface area contributed by atoms with Crippen LogP contribution in [0.1, 0.15) is 65.2 Å². The second-order valence-corrected chi connectivity index (χ2v) is 5.92. The third kappa shape index (κ3) is 5.94. The number of unbranched alkanes of at least 4 members (excludes halogenated alkanes) is 1. The highest BCUT2D eigenvalue weighted by atomic mass is 16.5. The summed E-state index contributed by atoms with van der Waals surface area (Å²) in [5.41, 5.74) is 0. The Balaban J connectivity index is 2.29. The van der Waals surface area contributed by atoms with E-state index in [-0.39, 0.29) is 12.0 Å². The van der Waals surface area contributed by atoms with E-state index in [9.17, 15) is 4.79 Å². The van der Waals surface area contributed by atoms with Gasteiger partial charge in [-0.1, -0.05) is 46.0 Å². The second kappa shape index (κ2) is 9.35. The molecule has 1 atom stereocenters. The number of ether oxygens (including phenoxy) is 1. The van der Waals surface area contributed by atoms with Crippen molar-refractivity contribution in [2.75, 3.05) is 13.7 Å². The van der Waals surface area contributed by atoms with E-state index in [1.54, 1.807) is 0 Å². The molecule has 0 heterocycles. The fourth-order valence-corrected chi connectivity index (χ4v) is 3.01. The highest BCUT2D eigenvalue weighted by Gasteiger charge is 2.23. The van der Waals surface area contributed by atoms with Crippen LogP contribution in [0.3, 0.4) is 0 Å². The monoisotopic (exact) mass is 269 g/mol. The van der Waals surface area contributed by atoms with E-state index in [0.29, 0.717) is 0 Å². The summed E-state index contributed by atoms with van der Waals surface area (Å²) >= 11 is 0. The zero-order valence-corrected chi connectivity index (χ0v) is 12.9. The quantitative estimate of drug-likeness (QED) is 0.685. The molecule has 1 rings (SSSR count). The number of hydrogen-bond acceptors (Lipinski definition) is 3. The zero-order chi connectivity index (χ0) is 14.1. The Bertz CT molecular complexity index is 247. The summed E-state index contributed by atoms with van der Waals surface area (Å²) in [6, 6.07) is -0.103. The molecule has 1 fully saturated rings. The van der Waals surface area contributed by atoms with Gasteiger partial charge >= 0.3 is 5.97 Å². The molecule has 1 unspecified atom stereocenters. The molecule has 0 saturated heterocycles. The normalized spacial score (nSPS) is 25.0. The van der Waals surface area contributed by atoms with Gasteiger partial charge in [0.05, 0.1) is 7.11 Å². The van der Waals surface area contributed by atoms with E-state index < -0.39 is 0 Å². The molecule has 0 aromatic heterocycles. The van der Waals surface area contributed by atoms with Crippen LogP contribution < -0.4 is 5.32 Å². The van der Waals surface area contributed by atoms with Gasteiger partial charge in [0.1, 0.15) is 6.04 Å². The molecule has 0 aromatic carbocycles. The summed E-state index contributed by atoms with van der Waals surface area (Å²) in [4.78, 5) is 11.7. The van der Waals surface area contributed by atoms with Crippen LogP contribution in [-0.2, 0) is 9.53 Å². The summed E-state index contributed by atoms with van der Waals surface area (Å²) in [7, 11) is 1.48. The van der Waals surface area contributed by atoms with Gasteiger partial charge in [0.2, 0.25) is 0 Å². The molecule has 0 amide bonds. The number of nitrogens with one attached hydrogen (secondary N) is 1. The third-order valence-electron chi connectivity index (χ3n) is 4.53. The van der Waals surface area contributed by atoms with E-state index in [0.717, 1.165) is 37.6 Å². The third-order valence-corrected chi connectivity index (χ3v) is 4.53. The number of esters is 1. The molecule has 1 aliphatic carbocycles. The molecule has 1 aliphatic rings. The van der Waals surface area contributed by atoms with Crippen LogP contribution in [0.2, 0.25) is 0 Å². The van der Waals surface area contributed by atoms with Crippen molar-refractivity contribution in [1.82, 2.24) is 5.32 Å². The Morgan fingerprint density at radius 2 is 1.84 bits per heavy atom. The zero-order valence-electron chi connectivity index (χ0n) is 12.9. The van der Waals surface area contributed by atoms with E-state index in [2.05, 4.69) is 19.2 Å². The molecule has 3 nitrogen and oxygen atoms in total. The predicted molar refractivity (Wildman–Crippen MR) is 79.1 cm³/mol. The lowest BCUT2D eigenvalue weighted by molar-refractivity contribution is -0.143. The summed E-state index contributed by atoms with van der Waals surface area (Å²) in [6.07, 6.45) is 9.77. The van der Waals surface area contributed by atoms with Crippen molar-refractivity contribution in [3.05, 3.63) is 0 Å². The molecule has 0 bridgehead atoms. The van der Waals surface area contributed by atoms with E-state index in [1.807, 2.05) is 0 Å². The highest BCUT2D eigenvalue weighted by Crippen LogP contribution is 2.30. The van der Waals surface area contributed by atoms with Gasteiger partial charge in [-0.15, -0.1) is 0 Å². The SMILES string of the molecule is CCCCC(NCC1CCC(CC)CC1)C(=O)OC. The van der Waals surface area contributed by atoms with Gasteiger partial charge in [0, 0.05) is 0 Å². The molecule has 0 aliphatic heterocycles. The van der Waals surface area contributed by atoms with Gasteiger partial charge in [0.25, 0.3) is 0 Å². The van der Waals surface area contributed by atoms with Crippen LogP contribution >= 0.6 is 0 Å². The van der Waals surface area contributed by atoms with Crippen LogP contribution in [0, 0.1) is 11.8 Å². The van der Waals surface area contributed by atoms with Gasteiger partial charge in [0.15, 0.2) is 0 Å². The van der Waals surface area contributed by atoms with Gasteiger partial charge in [-0.3, -0.25) is 4.79 Å².